The molecule has 2 heterocycles. The summed E-state index contributed by atoms with van der Waals surface area (Å²) >= 11 is 0. The van der Waals surface area contributed by atoms with Crippen molar-refractivity contribution in [3.05, 3.63) is 59.5 Å². The molecule has 1 N–H and O–H groups in total. The van der Waals surface area contributed by atoms with Crippen LogP contribution in [0.4, 0.5) is 0 Å². The maximum atomic E-state index is 12.4. The number of hydrogen-bond donors (Lipinski definition) is 1. The molecule has 1 aliphatic carbocycles. The molecule has 1 aromatic carbocycles. The van der Waals surface area contributed by atoms with E-state index in [1.165, 1.54) is 11.1 Å². The van der Waals surface area contributed by atoms with Gasteiger partial charge >= 0.3 is 0 Å². The molecule has 2 aromatic rings. The Hall–Kier alpha value is -2.53. The standard InChI is InChI=1S/C21H22N2O3/c24-19-10-15(21-6-3-9-26-21)11-20(25)17(19)12-22-13-18-16-5-2-1-4-14(16)7-8-23-18/h1-6,9,12,15,17-18,23H,7-8,10-11,13H2. The molecule has 1 aromatic heterocycles. The quantitative estimate of drug-likeness (QED) is 0.680. The van der Waals surface area contributed by atoms with Gasteiger partial charge in [0.05, 0.1) is 18.8 Å². The largest absolute Gasteiger partial charge is 0.469 e. The van der Waals surface area contributed by atoms with E-state index < -0.39 is 5.92 Å². The third-order valence-electron chi connectivity index (χ3n) is 5.29. The normalized spacial score (nSPS) is 26.2. The Morgan fingerprint density at radius 1 is 1.12 bits per heavy atom. The van der Waals surface area contributed by atoms with Crippen LogP contribution in [-0.2, 0) is 16.0 Å². The summed E-state index contributed by atoms with van der Waals surface area (Å²) in [4.78, 5) is 29.3. The summed E-state index contributed by atoms with van der Waals surface area (Å²) in [5, 5.41) is 3.47. The Labute approximate surface area is 152 Å². The van der Waals surface area contributed by atoms with Crippen LogP contribution in [0, 0.1) is 5.92 Å². The molecule has 1 unspecified atom stereocenters. The molecule has 2 aliphatic rings. The maximum absolute atomic E-state index is 12.4. The first-order valence-corrected chi connectivity index (χ1v) is 9.12. The highest BCUT2D eigenvalue weighted by Gasteiger charge is 2.36. The number of rotatable bonds is 4. The van der Waals surface area contributed by atoms with Crippen molar-refractivity contribution in [3.63, 3.8) is 0 Å². The first-order chi connectivity index (χ1) is 12.7. The SMILES string of the molecule is O=C1CC(c2ccco2)CC(=O)C1C=NCC1NCCc2ccccc21. The molecule has 4 rings (SSSR count). The van der Waals surface area contributed by atoms with Gasteiger partial charge in [-0.2, -0.15) is 0 Å². The predicted octanol–water partition coefficient (Wildman–Crippen LogP) is 2.87. The van der Waals surface area contributed by atoms with Crippen molar-refractivity contribution < 1.29 is 14.0 Å². The van der Waals surface area contributed by atoms with Gasteiger partial charge in [-0.25, -0.2) is 0 Å². The van der Waals surface area contributed by atoms with Gasteiger partial charge in [-0.05, 0) is 36.2 Å². The zero-order chi connectivity index (χ0) is 17.9. The van der Waals surface area contributed by atoms with Crippen LogP contribution in [0.15, 0.2) is 52.1 Å². The Kier molecular flexibility index (Phi) is 4.80. The van der Waals surface area contributed by atoms with Crippen molar-refractivity contribution >= 4 is 17.8 Å². The lowest BCUT2D eigenvalue weighted by molar-refractivity contribution is -0.133. The summed E-state index contributed by atoms with van der Waals surface area (Å²) in [5.41, 5.74) is 2.60. The van der Waals surface area contributed by atoms with Gasteiger partial charge in [-0.15, -0.1) is 0 Å². The van der Waals surface area contributed by atoms with Crippen LogP contribution in [0.25, 0.3) is 0 Å². The molecule has 0 saturated heterocycles. The summed E-state index contributed by atoms with van der Waals surface area (Å²) < 4.78 is 5.35. The Morgan fingerprint density at radius 3 is 2.69 bits per heavy atom. The summed E-state index contributed by atoms with van der Waals surface area (Å²) in [7, 11) is 0. The molecular weight excluding hydrogens is 328 g/mol. The Balaban J connectivity index is 1.40. The highest BCUT2D eigenvalue weighted by atomic mass is 16.3. The number of benzene rings is 1. The molecule has 1 saturated carbocycles. The number of hydrogen-bond acceptors (Lipinski definition) is 5. The molecule has 0 bridgehead atoms. The zero-order valence-electron chi connectivity index (χ0n) is 14.6. The van der Waals surface area contributed by atoms with E-state index in [0.717, 1.165) is 13.0 Å². The van der Waals surface area contributed by atoms with Crippen LogP contribution in [-0.4, -0.2) is 30.9 Å². The molecule has 1 atom stereocenters. The fraction of sp³-hybridized carbons (Fsp3) is 0.381. The fourth-order valence-corrected chi connectivity index (χ4v) is 3.91. The maximum Gasteiger partial charge on any atom is 0.149 e. The van der Waals surface area contributed by atoms with Gasteiger partial charge in [0.25, 0.3) is 0 Å². The van der Waals surface area contributed by atoms with Crippen LogP contribution in [0.3, 0.4) is 0 Å². The van der Waals surface area contributed by atoms with E-state index in [0.29, 0.717) is 25.1 Å². The van der Waals surface area contributed by atoms with Crippen LogP contribution in [0.1, 0.15) is 41.7 Å². The fourth-order valence-electron chi connectivity index (χ4n) is 3.91. The molecule has 0 radical (unpaired) electrons. The van der Waals surface area contributed by atoms with E-state index >= 15 is 0 Å². The molecular formula is C21H22N2O3. The number of carbonyl (C=O) groups excluding carboxylic acids is 2. The number of fused-ring (bicyclic) bond motifs is 1. The second kappa shape index (κ2) is 7.38. The highest BCUT2D eigenvalue weighted by molar-refractivity contribution is 6.16. The summed E-state index contributed by atoms with van der Waals surface area (Å²) in [6.07, 6.45) is 4.82. The number of furan rings is 1. The van der Waals surface area contributed by atoms with Crippen molar-refractivity contribution in [1.82, 2.24) is 5.32 Å². The highest BCUT2D eigenvalue weighted by Crippen LogP contribution is 2.31. The third kappa shape index (κ3) is 3.40. The van der Waals surface area contributed by atoms with Crippen LogP contribution < -0.4 is 5.32 Å². The average molecular weight is 350 g/mol. The lowest BCUT2D eigenvalue weighted by Gasteiger charge is -2.26. The number of ketones is 2. The minimum absolute atomic E-state index is 0.0663. The van der Waals surface area contributed by atoms with E-state index in [2.05, 4.69) is 28.5 Å². The topological polar surface area (TPSA) is 71.7 Å². The van der Waals surface area contributed by atoms with Crippen molar-refractivity contribution in [2.75, 3.05) is 13.1 Å². The van der Waals surface area contributed by atoms with E-state index in [9.17, 15) is 9.59 Å². The van der Waals surface area contributed by atoms with Gasteiger partial charge in [0, 0.05) is 25.0 Å². The summed E-state index contributed by atoms with van der Waals surface area (Å²) in [6.45, 7) is 1.46. The smallest absolute Gasteiger partial charge is 0.149 e. The predicted molar refractivity (Wildman–Crippen MR) is 98.4 cm³/mol. The minimum Gasteiger partial charge on any atom is -0.469 e. The van der Waals surface area contributed by atoms with Crippen LogP contribution in [0.5, 0.6) is 0 Å². The second-order valence-electron chi connectivity index (χ2n) is 7.00. The number of nitrogens with one attached hydrogen (secondary N) is 1. The monoisotopic (exact) mass is 350 g/mol. The lowest BCUT2D eigenvalue weighted by Crippen LogP contribution is -2.34. The van der Waals surface area contributed by atoms with Crippen molar-refractivity contribution in [2.24, 2.45) is 10.9 Å². The van der Waals surface area contributed by atoms with E-state index in [4.69, 9.17) is 4.42 Å². The van der Waals surface area contributed by atoms with Gasteiger partial charge in [0.15, 0.2) is 0 Å². The molecule has 5 nitrogen and oxygen atoms in total. The Morgan fingerprint density at radius 2 is 1.92 bits per heavy atom. The van der Waals surface area contributed by atoms with Gasteiger partial charge in [0.2, 0.25) is 0 Å². The molecule has 134 valence electrons. The zero-order valence-corrected chi connectivity index (χ0v) is 14.6. The average Bonchev–Trinajstić information content (AvgIpc) is 3.19. The van der Waals surface area contributed by atoms with Crippen molar-refractivity contribution in [3.8, 4) is 0 Å². The minimum atomic E-state index is -0.708. The van der Waals surface area contributed by atoms with Gasteiger partial charge in [-0.1, -0.05) is 24.3 Å². The van der Waals surface area contributed by atoms with E-state index in [1.807, 2.05) is 12.1 Å². The summed E-state index contributed by atoms with van der Waals surface area (Å²) in [6, 6.07) is 12.1. The first-order valence-electron chi connectivity index (χ1n) is 9.12. The number of aliphatic imine (C=N–C) groups is 1. The van der Waals surface area contributed by atoms with Gasteiger partial charge in [-0.3, -0.25) is 14.6 Å². The number of carbonyl (C=O) groups is 2. The van der Waals surface area contributed by atoms with Gasteiger partial charge in [0.1, 0.15) is 23.2 Å². The molecule has 0 amide bonds. The van der Waals surface area contributed by atoms with Crippen LogP contribution in [0.2, 0.25) is 0 Å². The Bertz CT molecular complexity index is 808. The molecule has 26 heavy (non-hydrogen) atoms. The second-order valence-corrected chi connectivity index (χ2v) is 7.00. The van der Waals surface area contributed by atoms with Crippen LogP contribution >= 0.6 is 0 Å². The molecule has 1 fully saturated rings. The van der Waals surface area contributed by atoms with E-state index in [1.54, 1.807) is 18.5 Å². The number of nitrogens with zero attached hydrogens (tertiary/aromatic N) is 1. The summed E-state index contributed by atoms with van der Waals surface area (Å²) in [5.74, 6) is -0.265. The number of Topliss-reactive ketones (excluding diaryl/α,β-unsaturated/α-hetero) is 2. The van der Waals surface area contributed by atoms with Crippen molar-refractivity contribution in [1.29, 1.82) is 0 Å². The van der Waals surface area contributed by atoms with E-state index in [-0.39, 0.29) is 23.5 Å². The van der Waals surface area contributed by atoms with Crippen molar-refractivity contribution in [2.45, 2.75) is 31.2 Å². The van der Waals surface area contributed by atoms with Gasteiger partial charge < -0.3 is 9.73 Å². The third-order valence-corrected chi connectivity index (χ3v) is 5.29. The first kappa shape index (κ1) is 16.9. The molecule has 1 aliphatic heterocycles. The molecule has 5 heteroatoms. The lowest BCUT2D eigenvalue weighted by atomic mass is 9.79. The molecule has 0 spiro atoms.